The van der Waals surface area contributed by atoms with Crippen LogP contribution in [-0.2, 0) is 4.79 Å². The van der Waals surface area contributed by atoms with E-state index in [9.17, 15) is 9.59 Å². The van der Waals surface area contributed by atoms with Gasteiger partial charge in [0, 0.05) is 6.04 Å². The molecule has 1 saturated carbocycles. The number of halogens is 2. The van der Waals surface area contributed by atoms with Crippen molar-refractivity contribution >= 4 is 35.1 Å². The van der Waals surface area contributed by atoms with Crippen molar-refractivity contribution in [3.8, 4) is 0 Å². The van der Waals surface area contributed by atoms with E-state index < -0.39 is 5.97 Å². The Morgan fingerprint density at radius 3 is 2.63 bits per heavy atom. The Labute approximate surface area is 120 Å². The zero-order valence-corrected chi connectivity index (χ0v) is 11.5. The van der Waals surface area contributed by atoms with Crippen LogP contribution in [-0.4, -0.2) is 23.0 Å². The van der Waals surface area contributed by atoms with Crippen LogP contribution in [0, 0.1) is 5.92 Å². The number of amides is 1. The second kappa shape index (κ2) is 5.80. The van der Waals surface area contributed by atoms with E-state index >= 15 is 0 Å². The number of nitrogens with one attached hydrogen (secondary N) is 1. The highest BCUT2D eigenvalue weighted by atomic mass is 35.5. The molecule has 2 N–H and O–H groups in total. The van der Waals surface area contributed by atoms with E-state index in [-0.39, 0.29) is 22.9 Å². The van der Waals surface area contributed by atoms with Gasteiger partial charge < -0.3 is 10.4 Å². The summed E-state index contributed by atoms with van der Waals surface area (Å²) in [5.74, 6) is -1.50. The quantitative estimate of drug-likeness (QED) is 0.902. The normalized spacial score (nSPS) is 22.2. The smallest absolute Gasteiger partial charge is 0.306 e. The van der Waals surface area contributed by atoms with Crippen molar-refractivity contribution in [2.45, 2.75) is 25.3 Å². The van der Waals surface area contributed by atoms with Crippen LogP contribution in [0.15, 0.2) is 18.2 Å². The van der Waals surface area contributed by atoms with Gasteiger partial charge in [0.05, 0.1) is 21.5 Å². The van der Waals surface area contributed by atoms with Gasteiger partial charge in [0.15, 0.2) is 0 Å². The first-order chi connectivity index (χ1) is 8.99. The van der Waals surface area contributed by atoms with Crippen LogP contribution >= 0.6 is 23.2 Å². The van der Waals surface area contributed by atoms with Crippen molar-refractivity contribution in [2.75, 3.05) is 0 Å². The van der Waals surface area contributed by atoms with Crippen LogP contribution in [0.25, 0.3) is 0 Å². The number of hydrogen-bond acceptors (Lipinski definition) is 2. The SMILES string of the molecule is O=C(NC1CCC(C(=O)O)C1)c1cccc(Cl)c1Cl. The number of hydrogen-bond donors (Lipinski definition) is 2. The summed E-state index contributed by atoms with van der Waals surface area (Å²) in [4.78, 5) is 22.9. The van der Waals surface area contributed by atoms with E-state index in [2.05, 4.69) is 5.32 Å². The van der Waals surface area contributed by atoms with Crippen molar-refractivity contribution in [2.24, 2.45) is 5.92 Å². The molecule has 1 fully saturated rings. The lowest BCUT2D eigenvalue weighted by Gasteiger charge is -2.13. The Morgan fingerprint density at radius 2 is 2.00 bits per heavy atom. The molecule has 0 bridgehead atoms. The molecule has 19 heavy (non-hydrogen) atoms. The highest BCUT2D eigenvalue weighted by Crippen LogP contribution is 2.28. The summed E-state index contributed by atoms with van der Waals surface area (Å²) >= 11 is 11.8. The number of carbonyl (C=O) groups excluding carboxylic acids is 1. The summed E-state index contributed by atoms with van der Waals surface area (Å²) in [6.45, 7) is 0. The molecule has 1 amide bonds. The number of carbonyl (C=O) groups is 2. The molecule has 2 atom stereocenters. The van der Waals surface area contributed by atoms with E-state index in [1.807, 2.05) is 0 Å². The van der Waals surface area contributed by atoms with E-state index in [0.29, 0.717) is 29.8 Å². The molecule has 1 aliphatic carbocycles. The molecule has 4 nitrogen and oxygen atoms in total. The minimum atomic E-state index is -0.808. The number of rotatable bonds is 3. The Hall–Kier alpha value is -1.26. The zero-order chi connectivity index (χ0) is 14.0. The van der Waals surface area contributed by atoms with Crippen LogP contribution in [0.1, 0.15) is 29.6 Å². The molecular weight excluding hydrogens is 289 g/mol. The molecule has 102 valence electrons. The van der Waals surface area contributed by atoms with Gasteiger partial charge in [-0.15, -0.1) is 0 Å². The molecule has 1 aromatic rings. The Bertz CT molecular complexity index is 519. The Balaban J connectivity index is 2.02. The number of aliphatic carboxylic acids is 1. The fourth-order valence-corrected chi connectivity index (χ4v) is 2.67. The molecule has 0 aromatic heterocycles. The van der Waals surface area contributed by atoms with Crippen molar-refractivity contribution in [1.82, 2.24) is 5.32 Å². The van der Waals surface area contributed by atoms with E-state index in [4.69, 9.17) is 28.3 Å². The zero-order valence-electron chi connectivity index (χ0n) is 10.0. The van der Waals surface area contributed by atoms with Crippen molar-refractivity contribution in [1.29, 1.82) is 0 Å². The molecular formula is C13H13Cl2NO3. The largest absolute Gasteiger partial charge is 0.481 e. The first kappa shape index (κ1) is 14.2. The lowest BCUT2D eigenvalue weighted by molar-refractivity contribution is -0.141. The molecule has 2 rings (SSSR count). The third-order valence-electron chi connectivity index (χ3n) is 3.31. The maximum atomic E-state index is 12.0. The van der Waals surface area contributed by atoms with Gasteiger partial charge in [-0.05, 0) is 31.4 Å². The lowest BCUT2D eigenvalue weighted by atomic mass is 10.1. The minimum absolute atomic E-state index is 0.122. The van der Waals surface area contributed by atoms with Crippen LogP contribution in [0.2, 0.25) is 10.0 Å². The van der Waals surface area contributed by atoms with Gasteiger partial charge in [-0.1, -0.05) is 29.3 Å². The van der Waals surface area contributed by atoms with Crippen LogP contribution in [0.3, 0.4) is 0 Å². The molecule has 2 unspecified atom stereocenters. The van der Waals surface area contributed by atoms with Crippen LogP contribution < -0.4 is 5.32 Å². The first-order valence-corrected chi connectivity index (χ1v) is 6.72. The number of benzene rings is 1. The molecule has 1 aromatic carbocycles. The molecule has 0 radical (unpaired) electrons. The first-order valence-electron chi connectivity index (χ1n) is 5.96. The van der Waals surface area contributed by atoms with Crippen molar-refractivity contribution in [3.05, 3.63) is 33.8 Å². The van der Waals surface area contributed by atoms with Gasteiger partial charge in [0.25, 0.3) is 5.91 Å². The fraction of sp³-hybridized carbons (Fsp3) is 0.385. The number of carboxylic acids is 1. The van der Waals surface area contributed by atoms with E-state index in [1.54, 1.807) is 18.2 Å². The van der Waals surface area contributed by atoms with E-state index in [1.165, 1.54) is 0 Å². The predicted molar refractivity (Wildman–Crippen MR) is 72.7 cm³/mol. The summed E-state index contributed by atoms with van der Waals surface area (Å²) in [6, 6.07) is 4.73. The van der Waals surface area contributed by atoms with Gasteiger partial charge in [-0.3, -0.25) is 9.59 Å². The summed E-state index contributed by atoms with van der Waals surface area (Å²) < 4.78 is 0. The highest BCUT2D eigenvalue weighted by Gasteiger charge is 2.31. The summed E-state index contributed by atoms with van der Waals surface area (Å²) in [5, 5.41) is 12.3. The number of carboxylic acid groups (broad SMARTS) is 1. The van der Waals surface area contributed by atoms with Gasteiger partial charge in [-0.25, -0.2) is 0 Å². The Kier molecular flexibility index (Phi) is 4.32. The van der Waals surface area contributed by atoms with Gasteiger partial charge in [0.1, 0.15) is 0 Å². The highest BCUT2D eigenvalue weighted by molar-refractivity contribution is 6.43. The molecule has 1 aliphatic rings. The monoisotopic (exact) mass is 301 g/mol. The maximum absolute atomic E-state index is 12.0. The van der Waals surface area contributed by atoms with Gasteiger partial charge >= 0.3 is 5.97 Å². The fourth-order valence-electron chi connectivity index (χ4n) is 2.28. The predicted octanol–water partition coefficient (Wildman–Crippen LogP) is 2.98. The second-order valence-corrected chi connectivity index (χ2v) is 5.41. The summed E-state index contributed by atoms with van der Waals surface area (Å²) in [5.41, 5.74) is 0.313. The Morgan fingerprint density at radius 1 is 1.26 bits per heavy atom. The van der Waals surface area contributed by atoms with Crippen molar-refractivity contribution in [3.63, 3.8) is 0 Å². The van der Waals surface area contributed by atoms with Crippen LogP contribution in [0.4, 0.5) is 0 Å². The summed E-state index contributed by atoms with van der Waals surface area (Å²) in [6.07, 6.45) is 1.71. The third-order valence-corrected chi connectivity index (χ3v) is 4.13. The molecule has 0 heterocycles. The maximum Gasteiger partial charge on any atom is 0.306 e. The summed E-state index contributed by atoms with van der Waals surface area (Å²) in [7, 11) is 0. The molecule has 0 saturated heterocycles. The topological polar surface area (TPSA) is 66.4 Å². The van der Waals surface area contributed by atoms with Gasteiger partial charge in [0.2, 0.25) is 0 Å². The van der Waals surface area contributed by atoms with Crippen LogP contribution in [0.5, 0.6) is 0 Å². The minimum Gasteiger partial charge on any atom is -0.481 e. The lowest BCUT2D eigenvalue weighted by Crippen LogP contribution is -2.33. The van der Waals surface area contributed by atoms with Crippen molar-refractivity contribution < 1.29 is 14.7 Å². The standard InChI is InChI=1S/C13H13Cl2NO3/c14-10-3-1-2-9(11(10)15)12(17)16-8-5-4-7(6-8)13(18)19/h1-3,7-8H,4-6H2,(H,16,17)(H,18,19). The van der Waals surface area contributed by atoms with Gasteiger partial charge in [-0.2, -0.15) is 0 Å². The third kappa shape index (κ3) is 3.19. The second-order valence-electron chi connectivity index (χ2n) is 4.62. The van der Waals surface area contributed by atoms with E-state index in [0.717, 1.165) is 0 Å². The molecule has 6 heteroatoms. The molecule has 0 aliphatic heterocycles. The average Bonchev–Trinajstić information content (AvgIpc) is 2.81. The average molecular weight is 302 g/mol. The molecule has 0 spiro atoms.